The quantitative estimate of drug-likeness (QED) is 0.448. The van der Waals surface area contributed by atoms with Gasteiger partial charge in [0.15, 0.2) is 15.8 Å². The van der Waals surface area contributed by atoms with Crippen LogP contribution in [0.2, 0.25) is 0 Å². The molecule has 0 amide bonds. The molecule has 1 atom stereocenters. The predicted molar refractivity (Wildman–Crippen MR) is 128 cm³/mol. The summed E-state index contributed by atoms with van der Waals surface area (Å²) in [6.07, 6.45) is 11.7. The summed E-state index contributed by atoms with van der Waals surface area (Å²) in [4.78, 5) is 7.95. The monoisotopic (exact) mass is 448 g/mol. The van der Waals surface area contributed by atoms with Crippen molar-refractivity contribution in [3.63, 3.8) is 0 Å². The average molecular weight is 449 g/mol. The van der Waals surface area contributed by atoms with Crippen molar-refractivity contribution in [2.45, 2.75) is 69.2 Å². The Kier molecular flexibility index (Phi) is 9.20. The van der Waals surface area contributed by atoms with Crippen molar-refractivity contribution in [3.8, 4) is 0 Å². The fourth-order valence-electron chi connectivity index (χ4n) is 4.81. The van der Waals surface area contributed by atoms with Gasteiger partial charge in [0.25, 0.3) is 0 Å². The number of nitrogens with zero attached hydrogens (tertiary/aromatic N) is 2. The third-order valence-corrected chi connectivity index (χ3v) is 7.71. The number of nitrogens with one attached hydrogen (secondary N) is 2. The van der Waals surface area contributed by atoms with E-state index in [1.54, 1.807) is 12.1 Å². The van der Waals surface area contributed by atoms with E-state index >= 15 is 0 Å². The smallest absolute Gasteiger partial charge is 0.191 e. The lowest BCUT2D eigenvalue weighted by molar-refractivity contribution is 0.191. The molecule has 2 aliphatic rings. The van der Waals surface area contributed by atoms with Gasteiger partial charge in [-0.3, -0.25) is 9.89 Å². The van der Waals surface area contributed by atoms with Crippen molar-refractivity contribution in [1.82, 2.24) is 15.5 Å². The van der Waals surface area contributed by atoms with Gasteiger partial charge in [-0.1, -0.05) is 31.4 Å². The molecule has 2 fully saturated rings. The van der Waals surface area contributed by atoms with Crippen LogP contribution < -0.4 is 10.6 Å². The van der Waals surface area contributed by atoms with Crippen molar-refractivity contribution in [1.29, 1.82) is 0 Å². The fourth-order valence-corrected chi connectivity index (χ4v) is 5.44. The summed E-state index contributed by atoms with van der Waals surface area (Å²) in [6.45, 7) is 7.03. The summed E-state index contributed by atoms with van der Waals surface area (Å²) in [5.74, 6) is 1.76. The van der Waals surface area contributed by atoms with E-state index in [4.69, 9.17) is 4.99 Å². The van der Waals surface area contributed by atoms with Crippen LogP contribution in [0.25, 0.3) is 0 Å². The second-order valence-corrected chi connectivity index (χ2v) is 11.1. The first-order chi connectivity index (χ1) is 15.0. The first kappa shape index (κ1) is 24.1. The van der Waals surface area contributed by atoms with E-state index in [0.29, 0.717) is 10.9 Å². The van der Waals surface area contributed by atoms with E-state index in [1.165, 1.54) is 64.3 Å². The van der Waals surface area contributed by atoms with E-state index in [-0.39, 0.29) is 0 Å². The SMILES string of the molecule is CCNC(=NCC1CCCN1CC1CCCCC1)NCCc1ccc(S(C)(=O)=O)cc1. The Balaban J connectivity index is 1.47. The highest BCUT2D eigenvalue weighted by Gasteiger charge is 2.27. The molecule has 1 unspecified atom stereocenters. The third-order valence-electron chi connectivity index (χ3n) is 6.58. The zero-order valence-electron chi connectivity index (χ0n) is 19.3. The van der Waals surface area contributed by atoms with Crippen LogP contribution in [0.4, 0.5) is 0 Å². The highest BCUT2D eigenvalue weighted by Crippen LogP contribution is 2.27. The Morgan fingerprint density at radius 3 is 2.48 bits per heavy atom. The Morgan fingerprint density at radius 2 is 1.81 bits per heavy atom. The minimum Gasteiger partial charge on any atom is -0.357 e. The lowest BCUT2D eigenvalue weighted by Crippen LogP contribution is -2.41. The molecule has 0 bridgehead atoms. The Morgan fingerprint density at radius 1 is 1.06 bits per heavy atom. The van der Waals surface area contributed by atoms with Gasteiger partial charge in [-0.15, -0.1) is 0 Å². The Labute approximate surface area is 188 Å². The van der Waals surface area contributed by atoms with Crippen LogP contribution in [0.5, 0.6) is 0 Å². The molecule has 0 aromatic heterocycles. The van der Waals surface area contributed by atoms with Crippen molar-refractivity contribution in [3.05, 3.63) is 29.8 Å². The van der Waals surface area contributed by atoms with E-state index in [9.17, 15) is 8.42 Å². The summed E-state index contributed by atoms with van der Waals surface area (Å²) < 4.78 is 23.2. The second kappa shape index (κ2) is 11.9. The van der Waals surface area contributed by atoms with Crippen LogP contribution in [0.15, 0.2) is 34.2 Å². The molecule has 1 aromatic carbocycles. The van der Waals surface area contributed by atoms with Gasteiger partial charge in [0.1, 0.15) is 0 Å². The standard InChI is InChI=1S/C24H40N4O2S/c1-3-25-24(26-16-15-20-11-13-23(14-12-20)31(2,29)30)27-18-22-10-7-17-28(22)19-21-8-5-4-6-9-21/h11-14,21-22H,3-10,15-19H2,1-2H3,(H2,25,26,27). The summed E-state index contributed by atoms with van der Waals surface area (Å²) in [5.41, 5.74) is 1.12. The number of benzene rings is 1. The van der Waals surface area contributed by atoms with Gasteiger partial charge in [0.05, 0.1) is 11.4 Å². The van der Waals surface area contributed by atoms with Crippen LogP contribution >= 0.6 is 0 Å². The van der Waals surface area contributed by atoms with E-state index < -0.39 is 9.84 Å². The maximum Gasteiger partial charge on any atom is 0.191 e. The molecule has 174 valence electrons. The van der Waals surface area contributed by atoms with Crippen LogP contribution in [-0.2, 0) is 16.3 Å². The van der Waals surface area contributed by atoms with Gasteiger partial charge < -0.3 is 10.6 Å². The average Bonchev–Trinajstić information content (AvgIpc) is 3.19. The fraction of sp³-hybridized carbons (Fsp3) is 0.708. The van der Waals surface area contributed by atoms with Gasteiger partial charge in [-0.2, -0.15) is 0 Å². The maximum absolute atomic E-state index is 11.6. The van der Waals surface area contributed by atoms with Crippen LogP contribution in [0, 0.1) is 5.92 Å². The lowest BCUT2D eigenvalue weighted by atomic mass is 9.89. The molecular formula is C24H40N4O2S. The number of hydrogen-bond donors (Lipinski definition) is 2. The molecule has 0 radical (unpaired) electrons. The molecule has 6 nitrogen and oxygen atoms in total. The van der Waals surface area contributed by atoms with Crippen LogP contribution in [0.3, 0.4) is 0 Å². The number of likely N-dealkylation sites (tertiary alicyclic amines) is 1. The zero-order chi connectivity index (χ0) is 22.1. The first-order valence-corrected chi connectivity index (χ1v) is 13.9. The van der Waals surface area contributed by atoms with Crippen LogP contribution in [0.1, 0.15) is 57.4 Å². The highest BCUT2D eigenvalue weighted by molar-refractivity contribution is 7.90. The molecule has 2 N–H and O–H groups in total. The molecule has 1 aliphatic carbocycles. The molecule has 1 heterocycles. The molecule has 1 aliphatic heterocycles. The van der Waals surface area contributed by atoms with Crippen molar-refractivity contribution < 1.29 is 8.42 Å². The Hall–Kier alpha value is -1.60. The number of rotatable bonds is 9. The van der Waals surface area contributed by atoms with E-state index in [1.807, 2.05) is 12.1 Å². The van der Waals surface area contributed by atoms with Gasteiger partial charge in [0.2, 0.25) is 0 Å². The van der Waals surface area contributed by atoms with E-state index in [0.717, 1.165) is 43.5 Å². The van der Waals surface area contributed by atoms with Crippen molar-refractivity contribution in [2.75, 3.05) is 39.0 Å². The molecule has 31 heavy (non-hydrogen) atoms. The molecule has 1 saturated carbocycles. The largest absolute Gasteiger partial charge is 0.357 e. The molecule has 1 saturated heterocycles. The van der Waals surface area contributed by atoms with Gasteiger partial charge >= 0.3 is 0 Å². The summed E-state index contributed by atoms with van der Waals surface area (Å²) in [5, 5.41) is 6.80. The van der Waals surface area contributed by atoms with Crippen LogP contribution in [-0.4, -0.2) is 64.3 Å². The minimum atomic E-state index is -3.14. The van der Waals surface area contributed by atoms with Crippen molar-refractivity contribution in [2.24, 2.45) is 10.9 Å². The lowest BCUT2D eigenvalue weighted by Gasteiger charge is -2.30. The molecule has 1 aromatic rings. The Bertz CT molecular complexity index is 801. The maximum atomic E-state index is 11.6. The number of hydrogen-bond acceptors (Lipinski definition) is 4. The van der Waals surface area contributed by atoms with Gasteiger partial charge in [-0.25, -0.2) is 8.42 Å². The third kappa shape index (κ3) is 7.79. The summed E-state index contributed by atoms with van der Waals surface area (Å²) >= 11 is 0. The van der Waals surface area contributed by atoms with Crippen molar-refractivity contribution >= 4 is 15.8 Å². The first-order valence-electron chi connectivity index (χ1n) is 12.0. The molecule has 0 spiro atoms. The normalized spacial score (nSPS) is 21.4. The molecule has 7 heteroatoms. The summed E-state index contributed by atoms with van der Waals surface area (Å²) in [6, 6.07) is 7.73. The minimum absolute atomic E-state index is 0.369. The second-order valence-electron chi connectivity index (χ2n) is 9.11. The van der Waals surface area contributed by atoms with Gasteiger partial charge in [0, 0.05) is 31.9 Å². The highest BCUT2D eigenvalue weighted by atomic mass is 32.2. The van der Waals surface area contributed by atoms with E-state index in [2.05, 4.69) is 22.5 Å². The van der Waals surface area contributed by atoms with Gasteiger partial charge in [-0.05, 0) is 69.2 Å². The number of sulfone groups is 1. The predicted octanol–water partition coefficient (Wildman–Crippen LogP) is 3.23. The topological polar surface area (TPSA) is 73.8 Å². The zero-order valence-corrected chi connectivity index (χ0v) is 20.1. The molecular weight excluding hydrogens is 408 g/mol. The number of aliphatic imine (C=N–C) groups is 1. The molecule has 3 rings (SSSR count). The summed E-state index contributed by atoms with van der Waals surface area (Å²) in [7, 11) is -3.14. The number of guanidine groups is 1.